The number of alkyl halides is 3. The smallest absolute Gasteiger partial charge is 0.452 e. The van der Waals surface area contributed by atoms with E-state index in [0.717, 1.165) is 18.2 Å². The van der Waals surface area contributed by atoms with Gasteiger partial charge in [-0.05, 0) is 29.8 Å². The van der Waals surface area contributed by atoms with Crippen molar-refractivity contribution in [1.29, 1.82) is 0 Å². The van der Waals surface area contributed by atoms with Gasteiger partial charge in [-0.15, -0.1) is 13.2 Å². The molecule has 0 bridgehead atoms. The van der Waals surface area contributed by atoms with Crippen molar-refractivity contribution in [2.75, 3.05) is 6.61 Å². The summed E-state index contributed by atoms with van der Waals surface area (Å²) in [5, 5.41) is 2.41. The summed E-state index contributed by atoms with van der Waals surface area (Å²) in [5.41, 5.74) is 0.718. The average Bonchev–Trinajstić information content (AvgIpc) is 2.64. The molecule has 0 spiro atoms. The summed E-state index contributed by atoms with van der Waals surface area (Å²) in [6.45, 7) is -0.610. The largest absolute Gasteiger partial charge is 0.573 e. The van der Waals surface area contributed by atoms with Crippen LogP contribution in [0.3, 0.4) is 0 Å². The van der Waals surface area contributed by atoms with E-state index in [4.69, 9.17) is 4.74 Å². The van der Waals surface area contributed by atoms with Crippen molar-refractivity contribution in [3.63, 3.8) is 0 Å². The molecular formula is C19H15F4NO4. The summed E-state index contributed by atoms with van der Waals surface area (Å²) in [4.78, 5) is 23.2. The number of hydrogen-bond donors (Lipinski definition) is 1. The number of esters is 1. The molecule has 9 heteroatoms. The van der Waals surface area contributed by atoms with E-state index in [1.54, 1.807) is 6.07 Å². The summed E-state index contributed by atoms with van der Waals surface area (Å²) in [5.74, 6) is -2.29. The maximum atomic E-state index is 13.4. The van der Waals surface area contributed by atoms with Gasteiger partial charge in [0.1, 0.15) is 11.6 Å². The van der Waals surface area contributed by atoms with Crippen LogP contribution in [0.1, 0.15) is 11.1 Å². The first-order valence-electron chi connectivity index (χ1n) is 7.94. The number of ether oxygens (including phenoxy) is 2. The summed E-state index contributed by atoms with van der Waals surface area (Å²) in [7, 11) is 0. The summed E-state index contributed by atoms with van der Waals surface area (Å²) < 4.78 is 58.1. The number of nitrogens with one attached hydrogen (secondary N) is 1. The number of hydrogen-bond acceptors (Lipinski definition) is 4. The van der Waals surface area contributed by atoms with E-state index in [1.165, 1.54) is 36.4 Å². The molecule has 0 aliphatic carbocycles. The fourth-order valence-corrected chi connectivity index (χ4v) is 2.02. The van der Waals surface area contributed by atoms with E-state index < -0.39 is 36.4 Å². The predicted octanol–water partition coefficient (Wildman–Crippen LogP) is 3.60. The minimum absolute atomic E-state index is 0.0504. The minimum Gasteiger partial charge on any atom is -0.452 e. The Morgan fingerprint density at radius 1 is 1.04 bits per heavy atom. The summed E-state index contributed by atoms with van der Waals surface area (Å²) in [6.07, 6.45) is -2.46. The Morgan fingerprint density at radius 3 is 2.36 bits per heavy atom. The van der Waals surface area contributed by atoms with Gasteiger partial charge in [-0.2, -0.15) is 0 Å². The molecule has 0 unspecified atom stereocenters. The fourth-order valence-electron chi connectivity index (χ4n) is 2.02. The molecule has 0 heterocycles. The Balaban J connectivity index is 1.75. The zero-order valence-corrected chi connectivity index (χ0v) is 14.3. The van der Waals surface area contributed by atoms with E-state index in [-0.39, 0.29) is 6.54 Å². The third-order valence-corrected chi connectivity index (χ3v) is 3.30. The molecule has 0 fully saturated rings. The molecule has 2 rings (SSSR count). The highest BCUT2D eigenvalue weighted by Gasteiger charge is 2.30. The standard InChI is InChI=1S/C19H15F4NO4/c20-16-4-2-1-3-14(16)11-24-17(25)12-27-18(26)10-7-13-5-8-15(9-6-13)28-19(21,22)23/h1-10H,11-12H2,(H,24,25)/b10-7+. The Labute approximate surface area is 157 Å². The number of halogens is 4. The zero-order valence-electron chi connectivity index (χ0n) is 14.3. The Kier molecular flexibility index (Phi) is 7.14. The van der Waals surface area contributed by atoms with Crippen molar-refractivity contribution < 1.29 is 36.6 Å². The first kappa shape index (κ1) is 20.9. The molecule has 0 aliphatic heterocycles. The Morgan fingerprint density at radius 2 is 1.71 bits per heavy atom. The van der Waals surface area contributed by atoms with Gasteiger partial charge in [-0.3, -0.25) is 4.79 Å². The first-order valence-corrected chi connectivity index (χ1v) is 7.94. The van der Waals surface area contributed by atoms with Crippen molar-refractivity contribution in [2.24, 2.45) is 0 Å². The molecule has 0 atom stereocenters. The second-order valence-corrected chi connectivity index (χ2v) is 5.43. The molecule has 0 aromatic heterocycles. The van der Waals surface area contributed by atoms with Crippen LogP contribution in [-0.2, 0) is 20.9 Å². The van der Waals surface area contributed by atoms with Gasteiger partial charge in [-0.25, -0.2) is 9.18 Å². The maximum Gasteiger partial charge on any atom is 0.573 e. The highest BCUT2D eigenvalue weighted by atomic mass is 19.4. The van der Waals surface area contributed by atoms with Crippen LogP contribution in [0, 0.1) is 5.82 Å². The minimum atomic E-state index is -4.78. The van der Waals surface area contributed by atoms with Crippen LogP contribution in [-0.4, -0.2) is 24.8 Å². The lowest BCUT2D eigenvalue weighted by molar-refractivity contribution is -0.274. The average molecular weight is 397 g/mol. The van der Waals surface area contributed by atoms with Gasteiger partial charge < -0.3 is 14.8 Å². The van der Waals surface area contributed by atoms with Crippen LogP contribution < -0.4 is 10.1 Å². The second kappa shape index (κ2) is 9.54. The van der Waals surface area contributed by atoms with Crippen LogP contribution in [0.25, 0.3) is 6.08 Å². The number of benzene rings is 2. The molecule has 1 amide bonds. The predicted molar refractivity (Wildman–Crippen MR) is 91.4 cm³/mol. The molecule has 0 saturated heterocycles. The Bertz CT molecular complexity index is 848. The number of rotatable bonds is 7. The van der Waals surface area contributed by atoms with Crippen LogP contribution >= 0.6 is 0 Å². The molecule has 28 heavy (non-hydrogen) atoms. The Hall–Kier alpha value is -3.36. The third-order valence-electron chi connectivity index (χ3n) is 3.30. The van der Waals surface area contributed by atoms with Gasteiger partial charge in [0.05, 0.1) is 0 Å². The molecule has 5 nitrogen and oxygen atoms in total. The van der Waals surface area contributed by atoms with Gasteiger partial charge in [0.15, 0.2) is 6.61 Å². The van der Waals surface area contributed by atoms with Crippen LogP contribution in [0.2, 0.25) is 0 Å². The molecule has 148 valence electrons. The number of carbonyl (C=O) groups excluding carboxylic acids is 2. The number of amides is 1. The zero-order chi connectivity index (χ0) is 20.6. The van der Waals surface area contributed by atoms with E-state index >= 15 is 0 Å². The summed E-state index contributed by atoms with van der Waals surface area (Å²) >= 11 is 0. The second-order valence-electron chi connectivity index (χ2n) is 5.43. The third kappa shape index (κ3) is 7.48. The van der Waals surface area contributed by atoms with E-state index in [2.05, 4.69) is 10.1 Å². The molecule has 2 aromatic carbocycles. The highest BCUT2D eigenvalue weighted by Crippen LogP contribution is 2.22. The molecule has 0 saturated carbocycles. The normalized spacial score (nSPS) is 11.3. The number of carbonyl (C=O) groups is 2. The maximum absolute atomic E-state index is 13.4. The van der Waals surface area contributed by atoms with Gasteiger partial charge >= 0.3 is 12.3 Å². The van der Waals surface area contributed by atoms with E-state index in [9.17, 15) is 27.2 Å². The van der Waals surface area contributed by atoms with E-state index in [0.29, 0.717) is 11.1 Å². The van der Waals surface area contributed by atoms with Crippen molar-refractivity contribution in [3.8, 4) is 5.75 Å². The molecule has 1 N–H and O–H groups in total. The lowest BCUT2D eigenvalue weighted by Gasteiger charge is -2.08. The SMILES string of the molecule is O=C(COC(=O)/C=C/c1ccc(OC(F)(F)F)cc1)NCc1ccccc1F. The van der Waals surface area contributed by atoms with E-state index in [1.807, 2.05) is 0 Å². The van der Waals surface area contributed by atoms with Crippen molar-refractivity contribution in [1.82, 2.24) is 5.32 Å². The van der Waals surface area contributed by atoms with Crippen LogP contribution in [0.4, 0.5) is 17.6 Å². The molecule has 2 aromatic rings. The lowest BCUT2D eigenvalue weighted by atomic mass is 10.2. The van der Waals surface area contributed by atoms with Crippen LogP contribution in [0.5, 0.6) is 5.75 Å². The van der Waals surface area contributed by atoms with Gasteiger partial charge in [0.2, 0.25) is 0 Å². The topological polar surface area (TPSA) is 64.6 Å². The monoisotopic (exact) mass is 397 g/mol. The van der Waals surface area contributed by atoms with Crippen LogP contribution in [0.15, 0.2) is 54.6 Å². The lowest BCUT2D eigenvalue weighted by Crippen LogP contribution is -2.28. The van der Waals surface area contributed by atoms with Gasteiger partial charge in [0, 0.05) is 18.2 Å². The molecule has 0 aliphatic rings. The van der Waals surface area contributed by atoms with Crippen molar-refractivity contribution in [3.05, 3.63) is 71.6 Å². The first-order chi connectivity index (χ1) is 13.2. The molecule has 0 radical (unpaired) electrons. The highest BCUT2D eigenvalue weighted by molar-refractivity contribution is 5.89. The fraction of sp³-hybridized carbons (Fsp3) is 0.158. The molecular weight excluding hydrogens is 382 g/mol. The van der Waals surface area contributed by atoms with Crippen molar-refractivity contribution >= 4 is 18.0 Å². The quantitative estimate of drug-likeness (QED) is 0.441. The van der Waals surface area contributed by atoms with Gasteiger partial charge in [0.25, 0.3) is 5.91 Å². The van der Waals surface area contributed by atoms with Crippen molar-refractivity contribution in [2.45, 2.75) is 12.9 Å². The summed E-state index contributed by atoms with van der Waals surface area (Å²) in [6, 6.07) is 10.7. The van der Waals surface area contributed by atoms with Gasteiger partial charge in [-0.1, -0.05) is 30.3 Å².